The zero-order chi connectivity index (χ0) is 20.4. The first kappa shape index (κ1) is 22.8. The molecule has 0 aliphatic rings. The average molecular weight is 480 g/mol. The van der Waals surface area contributed by atoms with Crippen molar-refractivity contribution < 1.29 is 20.8 Å². The maximum absolute atomic E-state index is 4.93. The summed E-state index contributed by atoms with van der Waals surface area (Å²) in [5, 5.41) is 2.72. The van der Waals surface area contributed by atoms with Crippen molar-refractivity contribution in [2.24, 2.45) is 0 Å². The van der Waals surface area contributed by atoms with Gasteiger partial charge in [0, 0.05) is 0 Å². The molecule has 0 unspecified atom stereocenters. The van der Waals surface area contributed by atoms with E-state index in [0.717, 1.165) is 0 Å². The Kier molecular flexibility index (Phi) is 7.51. The zero-order valence-electron chi connectivity index (χ0n) is 17.4. The summed E-state index contributed by atoms with van der Waals surface area (Å²) in [5.41, 5.74) is 7.13. The van der Waals surface area contributed by atoms with Crippen molar-refractivity contribution in [3.05, 3.63) is 65.2 Å². The van der Waals surface area contributed by atoms with Gasteiger partial charge in [0.1, 0.15) is 0 Å². The second kappa shape index (κ2) is 8.90. The maximum atomic E-state index is 4.93. The Balaban J connectivity index is 0.000000817. The summed E-state index contributed by atoms with van der Waals surface area (Å²) in [6.45, 7) is 15.8. The van der Waals surface area contributed by atoms with E-state index in [-0.39, 0.29) is 10.8 Å². The molecule has 0 atom stereocenters. The summed E-state index contributed by atoms with van der Waals surface area (Å²) in [6.07, 6.45) is 0. The van der Waals surface area contributed by atoms with Crippen LogP contribution >= 0.6 is 17.0 Å². The van der Waals surface area contributed by atoms with Crippen LogP contribution in [0.25, 0.3) is 21.9 Å². The predicted molar refractivity (Wildman–Crippen MR) is 119 cm³/mol. The standard InChI is InChI=1S/C24H29.2ClH.Zr/c1-16-12-18-14-20(24(5,6)7)15-22(21(18)13-16)17-8-10-19(11-9-17)23(2,3)4;;;/h8-15H,1-7H3;2*1H;/q-1;;;+2/p-2. The van der Waals surface area contributed by atoms with Gasteiger partial charge in [-0.2, -0.15) is 6.07 Å². The number of aryl methyl sites for hydroxylation is 1. The van der Waals surface area contributed by atoms with E-state index < -0.39 is 20.8 Å². The molecular formula is C24H29Cl2Zr-. The summed E-state index contributed by atoms with van der Waals surface area (Å²) in [5.74, 6) is 0. The molecule has 0 aromatic heterocycles. The number of rotatable bonds is 1. The normalized spacial score (nSPS) is 11.9. The molecule has 3 aromatic rings. The monoisotopic (exact) mass is 477 g/mol. The van der Waals surface area contributed by atoms with Gasteiger partial charge in [0.05, 0.1) is 0 Å². The molecule has 3 rings (SSSR count). The van der Waals surface area contributed by atoms with Crippen molar-refractivity contribution in [3.63, 3.8) is 0 Å². The Morgan fingerprint density at radius 1 is 0.778 bits per heavy atom. The van der Waals surface area contributed by atoms with Crippen LogP contribution in [0.5, 0.6) is 0 Å². The second-order valence-corrected chi connectivity index (χ2v) is 12.9. The van der Waals surface area contributed by atoms with Gasteiger partial charge in [-0.25, -0.2) is 0 Å². The number of hydrogen-bond donors (Lipinski definition) is 0. The molecule has 0 saturated carbocycles. The first-order valence-electron chi connectivity index (χ1n) is 9.26. The third-order valence-electron chi connectivity index (χ3n) is 4.90. The fraction of sp³-hybridized carbons (Fsp3) is 0.375. The van der Waals surface area contributed by atoms with Crippen molar-refractivity contribution in [2.45, 2.75) is 59.3 Å². The van der Waals surface area contributed by atoms with Crippen molar-refractivity contribution in [3.8, 4) is 11.1 Å². The molecule has 0 fully saturated rings. The summed E-state index contributed by atoms with van der Waals surface area (Å²) < 4.78 is 0. The van der Waals surface area contributed by atoms with Crippen LogP contribution in [0.1, 0.15) is 58.2 Å². The SMILES string of the molecule is Cc1cc2c(-c3ccc(C(C)(C)C)cc3)cc(C(C)(C)C)cc2[cH-]1.[Cl][Zr][Cl]. The molecule has 3 aromatic carbocycles. The van der Waals surface area contributed by atoms with Gasteiger partial charge < -0.3 is 0 Å². The van der Waals surface area contributed by atoms with Gasteiger partial charge >= 0.3 is 37.9 Å². The van der Waals surface area contributed by atoms with Crippen LogP contribution in [0.3, 0.4) is 0 Å². The molecule has 144 valence electrons. The average Bonchev–Trinajstić information content (AvgIpc) is 2.93. The Morgan fingerprint density at radius 2 is 1.30 bits per heavy atom. The Labute approximate surface area is 183 Å². The molecule has 0 heterocycles. The van der Waals surface area contributed by atoms with E-state index in [1.807, 2.05) is 0 Å². The molecule has 0 nitrogen and oxygen atoms in total. The van der Waals surface area contributed by atoms with Gasteiger partial charge in [-0.1, -0.05) is 89.9 Å². The van der Waals surface area contributed by atoms with Gasteiger partial charge in [-0.3, -0.25) is 0 Å². The Bertz CT molecular complexity index is 891. The van der Waals surface area contributed by atoms with Crippen molar-refractivity contribution in [2.75, 3.05) is 0 Å². The molecule has 0 amide bonds. The first-order chi connectivity index (χ1) is 12.5. The van der Waals surface area contributed by atoms with Crippen LogP contribution in [0.4, 0.5) is 0 Å². The van der Waals surface area contributed by atoms with E-state index in [2.05, 4.69) is 97.0 Å². The van der Waals surface area contributed by atoms with Gasteiger partial charge in [-0.05, 0) is 22.0 Å². The van der Waals surface area contributed by atoms with Gasteiger partial charge in [0.15, 0.2) is 0 Å². The van der Waals surface area contributed by atoms with E-state index in [1.54, 1.807) is 0 Å². The fourth-order valence-corrected chi connectivity index (χ4v) is 3.29. The molecule has 0 aliphatic heterocycles. The number of benzene rings is 2. The predicted octanol–water partition coefficient (Wildman–Crippen LogP) is 8.51. The van der Waals surface area contributed by atoms with Crippen LogP contribution in [-0.4, -0.2) is 0 Å². The van der Waals surface area contributed by atoms with E-state index in [4.69, 9.17) is 17.0 Å². The molecular weight excluding hydrogens is 450 g/mol. The second-order valence-electron chi connectivity index (χ2n) is 9.21. The van der Waals surface area contributed by atoms with Gasteiger partial charge in [0.2, 0.25) is 0 Å². The van der Waals surface area contributed by atoms with Crippen LogP contribution < -0.4 is 0 Å². The van der Waals surface area contributed by atoms with E-state index in [0.29, 0.717) is 0 Å². The minimum absolute atomic E-state index is 0.152. The first-order valence-corrected chi connectivity index (χ1v) is 15.6. The molecule has 0 bridgehead atoms. The van der Waals surface area contributed by atoms with E-state index in [1.165, 1.54) is 38.6 Å². The molecule has 0 radical (unpaired) electrons. The van der Waals surface area contributed by atoms with E-state index in [9.17, 15) is 0 Å². The number of fused-ring (bicyclic) bond motifs is 1. The van der Waals surface area contributed by atoms with Crippen LogP contribution in [-0.2, 0) is 31.7 Å². The number of hydrogen-bond acceptors (Lipinski definition) is 0. The van der Waals surface area contributed by atoms with Crippen molar-refractivity contribution in [1.29, 1.82) is 0 Å². The van der Waals surface area contributed by atoms with Crippen molar-refractivity contribution in [1.82, 2.24) is 0 Å². The molecule has 0 N–H and O–H groups in total. The zero-order valence-corrected chi connectivity index (χ0v) is 21.3. The Hall–Kier alpha value is -0.487. The van der Waals surface area contributed by atoms with Crippen LogP contribution in [0.2, 0.25) is 0 Å². The molecule has 27 heavy (non-hydrogen) atoms. The summed E-state index contributed by atoms with van der Waals surface area (Å²) in [6, 6.07) is 18.5. The van der Waals surface area contributed by atoms with Gasteiger partial charge in [0.25, 0.3) is 0 Å². The third-order valence-corrected chi connectivity index (χ3v) is 4.90. The quantitative estimate of drug-likeness (QED) is 0.307. The summed E-state index contributed by atoms with van der Waals surface area (Å²) in [4.78, 5) is 0. The molecule has 0 aliphatic carbocycles. The van der Waals surface area contributed by atoms with Crippen LogP contribution in [0.15, 0.2) is 48.5 Å². The summed E-state index contributed by atoms with van der Waals surface area (Å²) >= 11 is -0.826. The molecule has 0 spiro atoms. The topological polar surface area (TPSA) is 0 Å². The Morgan fingerprint density at radius 3 is 1.78 bits per heavy atom. The fourth-order valence-electron chi connectivity index (χ4n) is 3.29. The minimum atomic E-state index is -0.826. The third kappa shape index (κ3) is 5.75. The van der Waals surface area contributed by atoms with E-state index >= 15 is 0 Å². The van der Waals surface area contributed by atoms with Gasteiger partial charge in [-0.15, -0.1) is 28.5 Å². The number of halogens is 2. The summed E-state index contributed by atoms with van der Waals surface area (Å²) in [7, 11) is 9.87. The molecule has 3 heteroatoms. The van der Waals surface area contributed by atoms with Crippen LogP contribution in [0, 0.1) is 6.92 Å². The van der Waals surface area contributed by atoms with Crippen molar-refractivity contribution >= 4 is 27.8 Å². The molecule has 0 saturated heterocycles.